The van der Waals surface area contributed by atoms with Crippen molar-refractivity contribution in [3.63, 3.8) is 0 Å². The summed E-state index contributed by atoms with van der Waals surface area (Å²) >= 11 is 0. The molecule has 3 rings (SSSR count). The van der Waals surface area contributed by atoms with Crippen molar-refractivity contribution in [2.24, 2.45) is 11.5 Å². The number of alkyl halides is 2. The first-order valence-electron chi connectivity index (χ1n) is 8.42. The minimum absolute atomic E-state index is 0.0958. The van der Waals surface area contributed by atoms with Gasteiger partial charge in [0, 0.05) is 12.8 Å². The third kappa shape index (κ3) is 3.12. The summed E-state index contributed by atoms with van der Waals surface area (Å²) in [6, 6.07) is 0. The number of aliphatic hydroxyl groups is 2. The molecule has 0 aliphatic carbocycles. The first kappa shape index (κ1) is 19.8. The average Bonchev–Trinajstić information content (AvgIpc) is 3.09. The van der Waals surface area contributed by atoms with Crippen molar-refractivity contribution in [3.8, 4) is 0 Å². The Labute approximate surface area is 153 Å². The molecule has 2 aromatic rings. The van der Waals surface area contributed by atoms with Crippen molar-refractivity contribution < 1.29 is 23.7 Å². The van der Waals surface area contributed by atoms with Crippen LogP contribution in [0.5, 0.6) is 0 Å². The van der Waals surface area contributed by atoms with E-state index in [-0.39, 0.29) is 29.9 Å². The van der Waals surface area contributed by atoms with E-state index in [1.54, 1.807) is 0 Å². The topological polar surface area (TPSA) is 171 Å². The van der Waals surface area contributed by atoms with Gasteiger partial charge in [0.25, 0.3) is 0 Å². The molecule has 1 saturated heterocycles. The van der Waals surface area contributed by atoms with Gasteiger partial charge in [0.2, 0.25) is 11.8 Å². The molecule has 1 aliphatic heterocycles. The van der Waals surface area contributed by atoms with Gasteiger partial charge in [0.15, 0.2) is 17.1 Å². The second-order valence-corrected chi connectivity index (χ2v) is 6.92. The monoisotopic (exact) mass is 387 g/mol. The van der Waals surface area contributed by atoms with Crippen molar-refractivity contribution >= 4 is 17.0 Å². The Kier molecular flexibility index (Phi) is 4.80. The van der Waals surface area contributed by atoms with Crippen LogP contribution in [0.15, 0.2) is 12.7 Å². The molecule has 0 amide bonds. The Morgan fingerprint density at radius 3 is 2.70 bits per heavy atom. The molecule has 3 heterocycles. The zero-order chi connectivity index (χ0) is 20.0. The fraction of sp³-hybridized carbons (Fsp3) is 0.667. The number of nitrogens with two attached hydrogens (primary N) is 3. The van der Waals surface area contributed by atoms with Gasteiger partial charge in [0.1, 0.15) is 24.3 Å². The molecular weight excluding hydrogens is 364 g/mol. The fourth-order valence-electron chi connectivity index (χ4n) is 3.29. The number of aromatic nitrogens is 4. The lowest BCUT2D eigenvalue weighted by atomic mass is 9.91. The van der Waals surface area contributed by atoms with Crippen molar-refractivity contribution in [3.05, 3.63) is 12.7 Å². The normalized spacial score (nSPS) is 31.7. The van der Waals surface area contributed by atoms with Crippen LogP contribution < -0.4 is 17.2 Å². The molecule has 12 heteroatoms. The summed E-state index contributed by atoms with van der Waals surface area (Å²) in [6.07, 6.45) is -1.52. The largest absolute Gasteiger partial charge is 0.387 e. The molecule has 4 atom stereocenters. The van der Waals surface area contributed by atoms with E-state index in [0.717, 1.165) is 0 Å². The van der Waals surface area contributed by atoms with Crippen molar-refractivity contribution in [2.45, 2.75) is 55.8 Å². The molecule has 150 valence electrons. The zero-order valence-corrected chi connectivity index (χ0v) is 14.7. The number of ether oxygens (including phenoxy) is 1. The van der Waals surface area contributed by atoms with Gasteiger partial charge >= 0.3 is 0 Å². The minimum atomic E-state index is -3.01. The Bertz CT molecular complexity index is 831. The van der Waals surface area contributed by atoms with Crippen LogP contribution in [0.4, 0.5) is 14.6 Å². The molecular formula is C15H23F2N7O3. The molecule has 0 aromatic carbocycles. The SMILES string of the molecule is C[C@@]1(O)[C@H](O)[C@@H](CCC(F)(F)CCN)O[C@@]1(N)n1cnc2c(N)ncnc21. The first-order chi connectivity index (χ1) is 12.5. The Balaban J connectivity index is 1.92. The predicted octanol–water partition coefficient (Wildman–Crippen LogP) is -0.747. The lowest BCUT2D eigenvalue weighted by Crippen LogP contribution is -2.61. The van der Waals surface area contributed by atoms with Crippen LogP contribution in [0.1, 0.15) is 26.2 Å². The van der Waals surface area contributed by atoms with E-state index >= 15 is 0 Å². The number of hydrogen-bond donors (Lipinski definition) is 5. The van der Waals surface area contributed by atoms with E-state index in [2.05, 4.69) is 15.0 Å². The van der Waals surface area contributed by atoms with Crippen LogP contribution >= 0.6 is 0 Å². The summed E-state index contributed by atoms with van der Waals surface area (Å²) in [4.78, 5) is 11.9. The molecule has 8 N–H and O–H groups in total. The highest BCUT2D eigenvalue weighted by atomic mass is 19.3. The summed E-state index contributed by atoms with van der Waals surface area (Å²) in [6.45, 7) is 1.09. The summed E-state index contributed by atoms with van der Waals surface area (Å²) in [5.74, 6) is -4.92. The van der Waals surface area contributed by atoms with Gasteiger partial charge in [-0.25, -0.2) is 23.7 Å². The van der Waals surface area contributed by atoms with Crippen LogP contribution in [-0.2, 0) is 10.6 Å². The predicted molar refractivity (Wildman–Crippen MR) is 91.3 cm³/mol. The van der Waals surface area contributed by atoms with Crippen LogP contribution in [0.3, 0.4) is 0 Å². The van der Waals surface area contributed by atoms with Gasteiger partial charge in [-0.2, -0.15) is 0 Å². The second kappa shape index (κ2) is 6.56. The van der Waals surface area contributed by atoms with Crippen molar-refractivity contribution in [1.29, 1.82) is 0 Å². The highest BCUT2D eigenvalue weighted by Crippen LogP contribution is 2.43. The molecule has 0 spiro atoms. The van der Waals surface area contributed by atoms with Gasteiger partial charge in [-0.15, -0.1) is 0 Å². The molecule has 0 saturated carbocycles. The highest BCUT2D eigenvalue weighted by Gasteiger charge is 2.62. The Hall–Kier alpha value is -1.99. The third-order valence-corrected chi connectivity index (χ3v) is 5.01. The molecule has 27 heavy (non-hydrogen) atoms. The zero-order valence-electron chi connectivity index (χ0n) is 14.7. The second-order valence-electron chi connectivity index (χ2n) is 6.92. The molecule has 0 unspecified atom stereocenters. The van der Waals surface area contributed by atoms with E-state index in [0.29, 0.717) is 0 Å². The summed E-state index contributed by atoms with van der Waals surface area (Å²) in [5, 5.41) is 21.3. The number of nitrogens with zero attached hydrogens (tertiary/aromatic N) is 4. The average molecular weight is 387 g/mol. The fourth-order valence-corrected chi connectivity index (χ4v) is 3.29. The van der Waals surface area contributed by atoms with Gasteiger partial charge in [0.05, 0.1) is 6.10 Å². The number of fused-ring (bicyclic) bond motifs is 1. The number of aliphatic hydroxyl groups excluding tert-OH is 1. The smallest absolute Gasteiger partial charge is 0.249 e. The highest BCUT2D eigenvalue weighted by molar-refractivity contribution is 5.81. The van der Waals surface area contributed by atoms with Crippen molar-refractivity contribution in [2.75, 3.05) is 12.3 Å². The minimum Gasteiger partial charge on any atom is -0.387 e. The molecule has 0 radical (unpaired) electrons. The molecule has 1 fully saturated rings. The van der Waals surface area contributed by atoms with Crippen LogP contribution in [0.25, 0.3) is 11.2 Å². The molecule has 10 nitrogen and oxygen atoms in total. The maximum Gasteiger partial charge on any atom is 0.249 e. The van der Waals surface area contributed by atoms with E-state index in [1.807, 2.05) is 0 Å². The quantitative estimate of drug-likeness (QED) is 0.428. The number of hydrogen-bond acceptors (Lipinski definition) is 9. The molecule has 2 aromatic heterocycles. The number of halogens is 2. The van der Waals surface area contributed by atoms with Gasteiger partial charge in [-0.05, 0) is 19.9 Å². The molecule has 0 bridgehead atoms. The Morgan fingerprint density at radius 2 is 2.04 bits per heavy atom. The van der Waals surface area contributed by atoms with Gasteiger partial charge in [-0.3, -0.25) is 10.3 Å². The number of anilines is 1. The lowest BCUT2D eigenvalue weighted by Gasteiger charge is -2.36. The first-order valence-corrected chi connectivity index (χ1v) is 8.42. The molecule has 1 aliphatic rings. The van der Waals surface area contributed by atoms with E-state index < -0.39 is 42.4 Å². The van der Waals surface area contributed by atoms with E-state index in [9.17, 15) is 19.0 Å². The number of nitrogen functional groups attached to an aromatic ring is 1. The van der Waals surface area contributed by atoms with Gasteiger partial charge < -0.3 is 26.4 Å². The maximum absolute atomic E-state index is 13.8. The van der Waals surface area contributed by atoms with E-state index in [4.69, 9.17) is 21.9 Å². The maximum atomic E-state index is 13.8. The lowest BCUT2D eigenvalue weighted by molar-refractivity contribution is -0.182. The van der Waals surface area contributed by atoms with Crippen LogP contribution in [0.2, 0.25) is 0 Å². The summed E-state index contributed by atoms with van der Waals surface area (Å²) in [5.41, 5.74) is 15.6. The number of rotatable bonds is 6. The van der Waals surface area contributed by atoms with Crippen molar-refractivity contribution in [1.82, 2.24) is 19.5 Å². The summed E-state index contributed by atoms with van der Waals surface area (Å²) in [7, 11) is 0. The Morgan fingerprint density at radius 1 is 1.33 bits per heavy atom. The van der Waals surface area contributed by atoms with Crippen LogP contribution in [-0.4, -0.2) is 60.0 Å². The van der Waals surface area contributed by atoms with E-state index in [1.165, 1.54) is 24.1 Å². The standard InChI is InChI=1S/C15H23F2N7O3/c1-13(26)10(25)8(2-3-14(16,17)4-5-18)27-15(13,20)24-7-23-9-11(19)21-6-22-12(9)24/h6-8,10,25-26H,2-5,18,20H2,1H3,(H2,19,21,22)/t8-,10-,13-,15+/m1/s1. The number of imidazole rings is 1. The third-order valence-electron chi connectivity index (χ3n) is 5.01. The van der Waals surface area contributed by atoms with Crippen LogP contribution in [0, 0.1) is 0 Å². The summed E-state index contributed by atoms with van der Waals surface area (Å²) < 4.78 is 34.4. The van der Waals surface area contributed by atoms with Gasteiger partial charge in [-0.1, -0.05) is 0 Å².